The average molecular weight is 230 g/mol. The maximum Gasteiger partial charge on any atom is 0.0504 e. The highest BCUT2D eigenvalue weighted by molar-refractivity contribution is 5.55. The zero-order valence-electron chi connectivity index (χ0n) is 11.0. The van der Waals surface area contributed by atoms with Crippen LogP contribution in [0.4, 0.5) is 11.4 Å². The van der Waals surface area contributed by atoms with Crippen molar-refractivity contribution in [3.63, 3.8) is 0 Å². The highest BCUT2D eigenvalue weighted by atomic mass is 15.1. The lowest BCUT2D eigenvalue weighted by molar-refractivity contribution is 0.760. The summed E-state index contributed by atoms with van der Waals surface area (Å²) in [6.45, 7) is 5.87. The lowest BCUT2D eigenvalue weighted by atomic mass is 10.1. The summed E-state index contributed by atoms with van der Waals surface area (Å²) in [5, 5.41) is 3.12. The van der Waals surface area contributed by atoms with Gasteiger partial charge in [0.05, 0.1) is 6.04 Å². The van der Waals surface area contributed by atoms with Gasteiger partial charge in [-0.2, -0.15) is 0 Å². The van der Waals surface area contributed by atoms with Crippen LogP contribution < -0.4 is 10.2 Å². The van der Waals surface area contributed by atoms with Gasteiger partial charge in [0, 0.05) is 25.5 Å². The van der Waals surface area contributed by atoms with Crippen molar-refractivity contribution in [2.75, 3.05) is 24.3 Å². The zero-order valence-corrected chi connectivity index (χ0v) is 11.0. The monoisotopic (exact) mass is 230 g/mol. The third kappa shape index (κ3) is 3.66. The molecule has 0 bridgehead atoms. The van der Waals surface area contributed by atoms with Gasteiger partial charge in [0.2, 0.25) is 0 Å². The first-order valence-electron chi connectivity index (χ1n) is 5.97. The van der Waals surface area contributed by atoms with Crippen molar-refractivity contribution in [1.82, 2.24) is 0 Å². The molecule has 92 valence electrons. The van der Waals surface area contributed by atoms with E-state index in [-0.39, 0.29) is 0 Å². The molecule has 0 aliphatic rings. The van der Waals surface area contributed by atoms with E-state index in [0.29, 0.717) is 6.04 Å². The Morgan fingerprint density at radius 2 is 2.00 bits per heavy atom. The lowest BCUT2D eigenvalue weighted by Crippen LogP contribution is -2.29. The summed E-state index contributed by atoms with van der Waals surface area (Å²) in [4.78, 5) is 2.26. The average Bonchev–Trinajstić information content (AvgIpc) is 2.38. The molecule has 1 aromatic rings. The standard InChI is InChI=1S/C15H22N2/c1-5-7-14(8-6-2)17(4)15-11-9-13(16-3)10-12-15/h5-6,8-12,14,16H,1,7H2,2-4H3/b8-6-. The van der Waals surface area contributed by atoms with Crippen LogP contribution in [0.15, 0.2) is 49.1 Å². The van der Waals surface area contributed by atoms with E-state index in [0.717, 1.165) is 12.1 Å². The first-order valence-corrected chi connectivity index (χ1v) is 5.97. The van der Waals surface area contributed by atoms with Crippen LogP contribution in [-0.4, -0.2) is 20.1 Å². The summed E-state index contributed by atoms with van der Waals surface area (Å²) in [5.41, 5.74) is 2.35. The van der Waals surface area contributed by atoms with Gasteiger partial charge in [-0.3, -0.25) is 0 Å². The van der Waals surface area contributed by atoms with Crippen LogP contribution in [0.25, 0.3) is 0 Å². The summed E-state index contributed by atoms with van der Waals surface area (Å²) < 4.78 is 0. The highest BCUT2D eigenvalue weighted by Gasteiger charge is 2.10. The molecule has 17 heavy (non-hydrogen) atoms. The van der Waals surface area contributed by atoms with E-state index in [9.17, 15) is 0 Å². The van der Waals surface area contributed by atoms with Crippen molar-refractivity contribution in [3.8, 4) is 0 Å². The largest absolute Gasteiger partial charge is 0.388 e. The molecule has 0 amide bonds. The predicted octanol–water partition coefficient (Wildman–Crippen LogP) is 3.69. The topological polar surface area (TPSA) is 15.3 Å². The minimum atomic E-state index is 0.373. The Morgan fingerprint density at radius 1 is 1.35 bits per heavy atom. The fourth-order valence-electron chi connectivity index (χ4n) is 1.81. The normalized spacial score (nSPS) is 12.4. The molecule has 2 nitrogen and oxygen atoms in total. The Balaban J connectivity index is 2.84. The molecule has 0 spiro atoms. The molecule has 0 saturated carbocycles. The SMILES string of the molecule is C=CCC(/C=C\C)N(C)c1ccc(NC)cc1. The fourth-order valence-corrected chi connectivity index (χ4v) is 1.81. The molecule has 0 aliphatic carbocycles. The van der Waals surface area contributed by atoms with Gasteiger partial charge in [-0.25, -0.2) is 0 Å². The van der Waals surface area contributed by atoms with E-state index in [1.54, 1.807) is 0 Å². The molecular weight excluding hydrogens is 208 g/mol. The molecule has 0 aliphatic heterocycles. The van der Waals surface area contributed by atoms with E-state index < -0.39 is 0 Å². The van der Waals surface area contributed by atoms with Crippen molar-refractivity contribution in [2.45, 2.75) is 19.4 Å². The molecule has 0 saturated heterocycles. The minimum Gasteiger partial charge on any atom is -0.388 e. The molecule has 1 aromatic carbocycles. The summed E-state index contributed by atoms with van der Waals surface area (Å²) in [7, 11) is 4.04. The smallest absolute Gasteiger partial charge is 0.0504 e. The first-order chi connectivity index (χ1) is 8.22. The number of allylic oxidation sites excluding steroid dienone is 1. The number of nitrogens with one attached hydrogen (secondary N) is 1. The predicted molar refractivity (Wildman–Crippen MR) is 77.8 cm³/mol. The number of hydrogen-bond acceptors (Lipinski definition) is 2. The molecule has 0 radical (unpaired) electrons. The molecule has 0 aromatic heterocycles. The van der Waals surface area contributed by atoms with Crippen LogP contribution in [0.5, 0.6) is 0 Å². The third-order valence-corrected chi connectivity index (χ3v) is 2.88. The number of rotatable bonds is 6. The van der Waals surface area contributed by atoms with E-state index in [2.05, 4.69) is 60.3 Å². The maximum absolute atomic E-state index is 3.82. The number of benzene rings is 1. The molecule has 0 fully saturated rings. The summed E-state index contributed by atoms with van der Waals surface area (Å²) in [6, 6.07) is 8.81. The second-order valence-corrected chi connectivity index (χ2v) is 4.03. The number of likely N-dealkylation sites (N-methyl/N-ethyl adjacent to an activating group) is 1. The van der Waals surface area contributed by atoms with Crippen molar-refractivity contribution in [3.05, 3.63) is 49.1 Å². The van der Waals surface area contributed by atoms with Gasteiger partial charge in [0.1, 0.15) is 0 Å². The van der Waals surface area contributed by atoms with Gasteiger partial charge in [0.25, 0.3) is 0 Å². The van der Waals surface area contributed by atoms with Crippen LogP contribution in [0.3, 0.4) is 0 Å². The van der Waals surface area contributed by atoms with Crippen molar-refractivity contribution in [2.24, 2.45) is 0 Å². The zero-order chi connectivity index (χ0) is 12.7. The van der Waals surface area contributed by atoms with Crippen molar-refractivity contribution < 1.29 is 0 Å². The Bertz CT molecular complexity index is 365. The number of nitrogens with zero attached hydrogens (tertiary/aromatic N) is 1. The van der Waals surface area contributed by atoms with Gasteiger partial charge in [-0.05, 0) is 37.6 Å². The van der Waals surface area contributed by atoms with Crippen LogP contribution >= 0.6 is 0 Å². The second kappa shape index (κ2) is 6.79. The third-order valence-electron chi connectivity index (χ3n) is 2.88. The molecular formula is C15H22N2. The van der Waals surface area contributed by atoms with E-state index in [4.69, 9.17) is 0 Å². The summed E-state index contributed by atoms with van der Waals surface area (Å²) in [6.07, 6.45) is 7.21. The van der Waals surface area contributed by atoms with Crippen molar-refractivity contribution in [1.29, 1.82) is 0 Å². The van der Waals surface area contributed by atoms with Crippen LogP contribution in [0.1, 0.15) is 13.3 Å². The first kappa shape index (κ1) is 13.4. The molecule has 1 N–H and O–H groups in total. The summed E-state index contributed by atoms with van der Waals surface area (Å²) >= 11 is 0. The fraction of sp³-hybridized carbons (Fsp3) is 0.333. The van der Waals surface area contributed by atoms with E-state index in [1.807, 2.05) is 20.0 Å². The van der Waals surface area contributed by atoms with Gasteiger partial charge < -0.3 is 10.2 Å². The minimum absolute atomic E-state index is 0.373. The van der Waals surface area contributed by atoms with Crippen LogP contribution in [0.2, 0.25) is 0 Å². The van der Waals surface area contributed by atoms with Crippen molar-refractivity contribution >= 4 is 11.4 Å². The Hall–Kier alpha value is -1.70. The lowest BCUT2D eigenvalue weighted by Gasteiger charge is -2.27. The van der Waals surface area contributed by atoms with E-state index in [1.165, 1.54) is 5.69 Å². The molecule has 0 heterocycles. The molecule has 1 unspecified atom stereocenters. The molecule has 1 rings (SSSR count). The van der Waals surface area contributed by atoms with Gasteiger partial charge in [-0.1, -0.05) is 18.2 Å². The second-order valence-electron chi connectivity index (χ2n) is 4.03. The highest BCUT2D eigenvalue weighted by Crippen LogP contribution is 2.20. The van der Waals surface area contributed by atoms with Gasteiger partial charge >= 0.3 is 0 Å². The summed E-state index contributed by atoms with van der Waals surface area (Å²) in [5.74, 6) is 0. The van der Waals surface area contributed by atoms with Gasteiger partial charge in [0.15, 0.2) is 0 Å². The Morgan fingerprint density at radius 3 is 2.47 bits per heavy atom. The molecule has 2 heteroatoms. The molecule has 1 atom stereocenters. The number of hydrogen-bond donors (Lipinski definition) is 1. The van der Waals surface area contributed by atoms with E-state index >= 15 is 0 Å². The Labute approximate surface area is 105 Å². The van der Waals surface area contributed by atoms with Gasteiger partial charge in [-0.15, -0.1) is 6.58 Å². The quantitative estimate of drug-likeness (QED) is 0.750. The van der Waals surface area contributed by atoms with Crippen LogP contribution in [-0.2, 0) is 0 Å². The number of anilines is 2. The Kier molecular flexibility index (Phi) is 5.34. The maximum atomic E-state index is 3.82. The van der Waals surface area contributed by atoms with Crippen LogP contribution in [0, 0.1) is 0 Å².